The zero-order valence-electron chi connectivity index (χ0n) is 16.1. The topological polar surface area (TPSA) is 53.2 Å². The van der Waals surface area contributed by atoms with Gasteiger partial charge in [0, 0.05) is 35.6 Å². The summed E-state index contributed by atoms with van der Waals surface area (Å²) in [6, 6.07) is 11.3. The SMILES string of the molecule is Cc1ccc2c(C)c3n(c2c1OS(=O)(=O)C(F)(F)F)CCn1ccc2cccc-3c21. The van der Waals surface area contributed by atoms with Crippen LogP contribution in [0.1, 0.15) is 11.1 Å². The van der Waals surface area contributed by atoms with Crippen molar-refractivity contribution in [2.45, 2.75) is 32.4 Å². The van der Waals surface area contributed by atoms with E-state index < -0.39 is 15.6 Å². The third kappa shape index (κ3) is 2.51. The molecular weight excluding hydrogens is 417 g/mol. The molecule has 0 N–H and O–H groups in total. The van der Waals surface area contributed by atoms with E-state index in [9.17, 15) is 21.6 Å². The van der Waals surface area contributed by atoms with Crippen molar-refractivity contribution in [1.82, 2.24) is 9.13 Å². The number of para-hydroxylation sites is 1. The van der Waals surface area contributed by atoms with Gasteiger partial charge >= 0.3 is 15.6 Å². The van der Waals surface area contributed by atoms with Crippen LogP contribution < -0.4 is 4.18 Å². The van der Waals surface area contributed by atoms with E-state index in [2.05, 4.69) is 8.75 Å². The molecule has 0 radical (unpaired) electrons. The van der Waals surface area contributed by atoms with Crippen molar-refractivity contribution in [3.8, 4) is 17.0 Å². The van der Waals surface area contributed by atoms with Gasteiger partial charge < -0.3 is 13.3 Å². The van der Waals surface area contributed by atoms with E-state index >= 15 is 0 Å². The lowest BCUT2D eigenvalue weighted by molar-refractivity contribution is -0.0499. The number of aryl methyl sites for hydroxylation is 4. The third-order valence-corrected chi connectivity index (χ3v) is 6.67. The van der Waals surface area contributed by atoms with Gasteiger partial charge in [-0.1, -0.05) is 30.3 Å². The second kappa shape index (κ2) is 6.04. The molecule has 0 spiro atoms. The summed E-state index contributed by atoms with van der Waals surface area (Å²) in [5.41, 5.74) is -1.12. The van der Waals surface area contributed by atoms with Gasteiger partial charge in [-0.05, 0) is 31.0 Å². The Balaban J connectivity index is 1.85. The summed E-state index contributed by atoms with van der Waals surface area (Å²) in [4.78, 5) is 0. The molecule has 30 heavy (non-hydrogen) atoms. The van der Waals surface area contributed by atoms with Crippen molar-refractivity contribution in [3.05, 3.63) is 53.7 Å². The summed E-state index contributed by atoms with van der Waals surface area (Å²) >= 11 is 0. The van der Waals surface area contributed by atoms with Crippen LogP contribution in [0.5, 0.6) is 5.75 Å². The van der Waals surface area contributed by atoms with Gasteiger partial charge in [0.25, 0.3) is 0 Å². The number of benzene rings is 2. The highest BCUT2D eigenvalue weighted by molar-refractivity contribution is 7.88. The van der Waals surface area contributed by atoms with Gasteiger partial charge in [-0.3, -0.25) is 0 Å². The first kappa shape index (κ1) is 19.0. The van der Waals surface area contributed by atoms with E-state index in [1.165, 1.54) is 6.92 Å². The monoisotopic (exact) mass is 434 g/mol. The van der Waals surface area contributed by atoms with E-state index in [1.807, 2.05) is 42.0 Å². The van der Waals surface area contributed by atoms with Crippen LogP contribution in [-0.4, -0.2) is 23.1 Å². The van der Waals surface area contributed by atoms with Gasteiger partial charge in [0.2, 0.25) is 0 Å². The third-order valence-electron chi connectivity index (χ3n) is 5.71. The fraction of sp³-hybridized carbons (Fsp3) is 0.238. The Labute approximate surface area is 170 Å². The minimum Gasteiger partial charge on any atom is -0.373 e. The molecule has 0 fully saturated rings. The Morgan fingerprint density at radius 3 is 2.50 bits per heavy atom. The van der Waals surface area contributed by atoms with E-state index in [0.717, 1.165) is 27.7 Å². The molecule has 5 rings (SSSR count). The van der Waals surface area contributed by atoms with Crippen LogP contribution in [0, 0.1) is 13.8 Å². The summed E-state index contributed by atoms with van der Waals surface area (Å²) in [6.45, 7) is 4.49. The quantitative estimate of drug-likeness (QED) is 0.325. The van der Waals surface area contributed by atoms with Gasteiger partial charge in [0.05, 0.1) is 16.7 Å². The number of alkyl halides is 3. The van der Waals surface area contributed by atoms with Crippen molar-refractivity contribution < 1.29 is 25.8 Å². The maximum absolute atomic E-state index is 13.0. The van der Waals surface area contributed by atoms with Gasteiger partial charge in [0.1, 0.15) is 0 Å². The first-order valence-electron chi connectivity index (χ1n) is 9.31. The molecule has 0 saturated carbocycles. The summed E-state index contributed by atoms with van der Waals surface area (Å²) < 4.78 is 71.3. The summed E-state index contributed by atoms with van der Waals surface area (Å²) in [5.74, 6) is -0.280. The molecule has 5 nitrogen and oxygen atoms in total. The zero-order valence-corrected chi connectivity index (χ0v) is 16.9. The van der Waals surface area contributed by atoms with Crippen LogP contribution in [0.25, 0.3) is 33.1 Å². The molecule has 1 aliphatic heterocycles. The first-order chi connectivity index (χ1) is 14.1. The van der Waals surface area contributed by atoms with Crippen molar-refractivity contribution >= 4 is 31.9 Å². The Morgan fingerprint density at radius 2 is 1.77 bits per heavy atom. The van der Waals surface area contributed by atoms with Crippen LogP contribution in [0.2, 0.25) is 0 Å². The molecule has 0 aliphatic carbocycles. The fourth-order valence-electron chi connectivity index (χ4n) is 4.36. The van der Waals surface area contributed by atoms with Crippen molar-refractivity contribution in [1.29, 1.82) is 0 Å². The standard InChI is InChI=1S/C21H17F3N2O3S/c1-12-6-7-15-13(2)17-16-5-3-4-14-8-9-25(18(14)16)10-11-26(17)19(15)20(12)29-30(27,28)21(22,23)24/h3-9H,10-11H2,1-2H3. The minimum atomic E-state index is -5.79. The van der Waals surface area contributed by atoms with Crippen LogP contribution in [0.15, 0.2) is 42.6 Å². The number of rotatable bonds is 2. The van der Waals surface area contributed by atoms with Crippen molar-refractivity contribution in [2.24, 2.45) is 0 Å². The smallest absolute Gasteiger partial charge is 0.373 e. The van der Waals surface area contributed by atoms with Crippen LogP contribution in [0.4, 0.5) is 13.2 Å². The number of halogens is 3. The average Bonchev–Trinajstić information content (AvgIpc) is 3.14. The molecule has 156 valence electrons. The van der Waals surface area contributed by atoms with Crippen LogP contribution >= 0.6 is 0 Å². The van der Waals surface area contributed by atoms with Gasteiger partial charge in [0.15, 0.2) is 5.75 Å². The summed E-state index contributed by atoms with van der Waals surface area (Å²) in [6.07, 6.45) is 1.98. The minimum absolute atomic E-state index is 0.280. The highest BCUT2D eigenvalue weighted by atomic mass is 32.2. The largest absolute Gasteiger partial charge is 0.534 e. The van der Waals surface area contributed by atoms with Crippen LogP contribution in [-0.2, 0) is 23.2 Å². The highest BCUT2D eigenvalue weighted by Crippen LogP contribution is 2.43. The Bertz CT molecular complexity index is 1450. The lowest BCUT2D eigenvalue weighted by Crippen LogP contribution is -2.28. The molecule has 2 aromatic carbocycles. The molecule has 2 aromatic heterocycles. The predicted octanol–water partition coefficient (Wildman–Crippen LogP) is 5.12. The molecule has 0 amide bonds. The zero-order chi connectivity index (χ0) is 21.4. The van der Waals surface area contributed by atoms with Gasteiger partial charge in [-0.25, -0.2) is 0 Å². The lowest BCUT2D eigenvalue weighted by Gasteiger charge is -2.15. The van der Waals surface area contributed by atoms with E-state index in [-0.39, 0.29) is 5.75 Å². The fourth-order valence-corrected chi connectivity index (χ4v) is 4.89. The number of hydrogen-bond donors (Lipinski definition) is 0. The number of hydrogen-bond acceptors (Lipinski definition) is 3. The number of nitrogens with zero attached hydrogens (tertiary/aromatic N) is 2. The Morgan fingerprint density at radius 1 is 1.00 bits per heavy atom. The molecule has 0 bridgehead atoms. The number of aromatic nitrogens is 2. The lowest BCUT2D eigenvalue weighted by atomic mass is 10.0. The van der Waals surface area contributed by atoms with Gasteiger partial charge in [-0.15, -0.1) is 0 Å². The van der Waals surface area contributed by atoms with Crippen LogP contribution in [0.3, 0.4) is 0 Å². The molecule has 1 aliphatic rings. The molecule has 3 heterocycles. The van der Waals surface area contributed by atoms with E-state index in [1.54, 1.807) is 12.1 Å². The Kier molecular flexibility index (Phi) is 3.83. The van der Waals surface area contributed by atoms with Crippen molar-refractivity contribution in [2.75, 3.05) is 0 Å². The molecule has 0 unspecified atom stereocenters. The van der Waals surface area contributed by atoms with Gasteiger partial charge in [-0.2, -0.15) is 21.6 Å². The van der Waals surface area contributed by atoms with Crippen molar-refractivity contribution in [3.63, 3.8) is 0 Å². The summed E-state index contributed by atoms with van der Waals surface area (Å²) in [7, 11) is -5.79. The molecular formula is C21H17F3N2O3S. The molecule has 0 saturated heterocycles. The molecule has 4 aromatic rings. The second-order valence-electron chi connectivity index (χ2n) is 7.47. The molecule has 9 heteroatoms. The Hall–Kier alpha value is -2.94. The maximum atomic E-state index is 13.0. The molecule has 0 atom stereocenters. The number of fused-ring (bicyclic) bond motifs is 4. The second-order valence-corrected chi connectivity index (χ2v) is 9.01. The normalized spacial score (nSPS) is 14.2. The maximum Gasteiger partial charge on any atom is 0.534 e. The first-order valence-corrected chi connectivity index (χ1v) is 10.7. The summed E-state index contributed by atoms with van der Waals surface area (Å²) in [5, 5.41) is 1.73. The average molecular weight is 434 g/mol. The van der Waals surface area contributed by atoms with E-state index in [4.69, 9.17) is 0 Å². The highest BCUT2D eigenvalue weighted by Gasteiger charge is 2.49. The predicted molar refractivity (Wildman–Crippen MR) is 108 cm³/mol. The van der Waals surface area contributed by atoms with E-state index in [0.29, 0.717) is 29.6 Å².